The topological polar surface area (TPSA) is 97.1 Å². The van der Waals surface area contributed by atoms with E-state index in [2.05, 4.69) is 15.6 Å². The van der Waals surface area contributed by atoms with Gasteiger partial charge >= 0.3 is 0 Å². The fraction of sp³-hybridized carbons (Fsp3) is 0.350. The summed E-state index contributed by atoms with van der Waals surface area (Å²) in [4.78, 5) is 29.3. The molecule has 0 bridgehead atoms. The van der Waals surface area contributed by atoms with Crippen molar-refractivity contribution < 1.29 is 9.59 Å². The molecule has 4 N–H and O–H groups in total. The highest BCUT2D eigenvalue weighted by Crippen LogP contribution is 2.32. The number of amides is 2. The molecule has 0 spiro atoms. The summed E-state index contributed by atoms with van der Waals surface area (Å²) >= 11 is 0. The number of carbonyl (C=O) groups excluding carboxylic acids is 2. The molecule has 0 radical (unpaired) electrons. The van der Waals surface area contributed by atoms with Gasteiger partial charge in [0, 0.05) is 31.4 Å². The summed E-state index contributed by atoms with van der Waals surface area (Å²) in [7, 11) is 0. The lowest BCUT2D eigenvalue weighted by Gasteiger charge is -2.23. The number of nitrogens with zero attached hydrogens (tertiary/aromatic N) is 1. The molecule has 3 rings (SSSR count). The van der Waals surface area contributed by atoms with Gasteiger partial charge in [-0.05, 0) is 36.5 Å². The number of hydrogen-bond acceptors (Lipinski definition) is 4. The van der Waals surface area contributed by atoms with Crippen LogP contribution in [0.15, 0.2) is 54.9 Å². The van der Waals surface area contributed by atoms with Gasteiger partial charge in [-0.2, -0.15) is 0 Å². The average molecular weight is 352 g/mol. The number of nitrogens with two attached hydrogens (primary N) is 1. The lowest BCUT2D eigenvalue weighted by Crippen LogP contribution is -2.52. The molecule has 26 heavy (non-hydrogen) atoms. The van der Waals surface area contributed by atoms with Crippen molar-refractivity contribution in [1.82, 2.24) is 15.6 Å². The van der Waals surface area contributed by atoms with Crippen LogP contribution >= 0.6 is 0 Å². The van der Waals surface area contributed by atoms with Crippen molar-refractivity contribution in [2.24, 2.45) is 11.7 Å². The predicted molar refractivity (Wildman–Crippen MR) is 99.3 cm³/mol. The molecule has 2 atom stereocenters. The maximum Gasteiger partial charge on any atom is 0.253 e. The van der Waals surface area contributed by atoms with Crippen molar-refractivity contribution >= 4 is 11.8 Å². The Morgan fingerprint density at radius 1 is 1.12 bits per heavy atom. The van der Waals surface area contributed by atoms with E-state index >= 15 is 0 Å². The molecule has 1 aromatic carbocycles. The fourth-order valence-corrected chi connectivity index (χ4v) is 2.95. The maximum atomic E-state index is 12.8. The minimum atomic E-state index is -0.669. The number of hydrogen-bond donors (Lipinski definition) is 3. The molecule has 2 amide bonds. The van der Waals surface area contributed by atoms with Crippen molar-refractivity contribution in [3.8, 4) is 0 Å². The highest BCUT2D eigenvalue weighted by molar-refractivity contribution is 5.97. The second-order valence-electron chi connectivity index (χ2n) is 6.65. The van der Waals surface area contributed by atoms with Gasteiger partial charge in [0.2, 0.25) is 5.91 Å². The highest BCUT2D eigenvalue weighted by Gasteiger charge is 2.33. The van der Waals surface area contributed by atoms with E-state index in [1.165, 1.54) is 6.20 Å². The molecule has 1 fully saturated rings. The lowest BCUT2D eigenvalue weighted by atomic mass is 10.0. The summed E-state index contributed by atoms with van der Waals surface area (Å²) in [5.74, 6) is -0.0614. The quantitative estimate of drug-likeness (QED) is 0.667. The molecule has 2 aromatic rings. The third-order valence-corrected chi connectivity index (χ3v) is 4.60. The molecule has 1 aromatic heterocycles. The first-order valence-corrected chi connectivity index (χ1v) is 8.92. The van der Waals surface area contributed by atoms with Crippen molar-refractivity contribution in [2.75, 3.05) is 6.54 Å². The lowest BCUT2D eigenvalue weighted by molar-refractivity contribution is -0.123. The van der Waals surface area contributed by atoms with Crippen LogP contribution in [0, 0.1) is 5.92 Å². The molecule has 6 heteroatoms. The number of benzene rings is 1. The Balaban J connectivity index is 1.72. The molecular weight excluding hydrogens is 328 g/mol. The van der Waals surface area contributed by atoms with Gasteiger partial charge in [-0.1, -0.05) is 30.3 Å². The molecule has 6 nitrogen and oxygen atoms in total. The van der Waals surface area contributed by atoms with E-state index in [0.29, 0.717) is 24.4 Å². The fourth-order valence-electron chi connectivity index (χ4n) is 2.95. The standard InChI is InChI=1S/C20H24N4O2/c21-12-18(15-8-9-15)24-20(26)17(11-14-5-2-1-3-6-14)23-19(25)16-7-4-10-22-13-16/h1-7,10,13,15,17-18H,8-9,11-12,21H2,(H,23,25)(H,24,26). The van der Waals surface area contributed by atoms with E-state index in [4.69, 9.17) is 5.73 Å². The summed E-state index contributed by atoms with van der Waals surface area (Å²) in [6.45, 7) is 0.408. The minimum Gasteiger partial charge on any atom is -0.350 e. The van der Waals surface area contributed by atoms with Crippen LogP contribution in [-0.4, -0.2) is 35.4 Å². The van der Waals surface area contributed by atoms with Crippen LogP contribution in [0.25, 0.3) is 0 Å². The van der Waals surface area contributed by atoms with Gasteiger partial charge in [0.25, 0.3) is 5.91 Å². The van der Waals surface area contributed by atoms with Crippen molar-refractivity contribution in [3.63, 3.8) is 0 Å². The Hall–Kier alpha value is -2.73. The molecule has 136 valence electrons. The third-order valence-electron chi connectivity index (χ3n) is 4.60. The largest absolute Gasteiger partial charge is 0.350 e. The Labute approximate surface area is 153 Å². The van der Waals surface area contributed by atoms with Crippen LogP contribution in [0.5, 0.6) is 0 Å². The van der Waals surface area contributed by atoms with Crippen LogP contribution in [0.3, 0.4) is 0 Å². The second-order valence-corrected chi connectivity index (χ2v) is 6.65. The Morgan fingerprint density at radius 2 is 1.88 bits per heavy atom. The van der Waals surface area contributed by atoms with Crippen molar-refractivity contribution in [1.29, 1.82) is 0 Å². The minimum absolute atomic E-state index is 0.0314. The second kappa shape index (κ2) is 8.58. The van der Waals surface area contributed by atoms with Crippen LogP contribution < -0.4 is 16.4 Å². The average Bonchev–Trinajstić information content (AvgIpc) is 3.52. The molecule has 0 aliphatic heterocycles. The zero-order valence-electron chi connectivity index (χ0n) is 14.6. The Morgan fingerprint density at radius 3 is 2.50 bits per heavy atom. The van der Waals surface area contributed by atoms with Gasteiger partial charge in [-0.25, -0.2) is 0 Å². The van der Waals surface area contributed by atoms with Gasteiger partial charge in [-0.3, -0.25) is 14.6 Å². The summed E-state index contributed by atoms with van der Waals surface area (Å²) < 4.78 is 0. The van der Waals surface area contributed by atoms with Crippen LogP contribution in [-0.2, 0) is 11.2 Å². The number of aromatic nitrogens is 1. The highest BCUT2D eigenvalue weighted by atomic mass is 16.2. The van der Waals surface area contributed by atoms with Gasteiger partial charge < -0.3 is 16.4 Å². The summed E-state index contributed by atoms with van der Waals surface area (Å²) in [6, 6.07) is 12.3. The first-order valence-electron chi connectivity index (χ1n) is 8.92. The smallest absolute Gasteiger partial charge is 0.253 e. The van der Waals surface area contributed by atoms with E-state index in [-0.39, 0.29) is 17.9 Å². The molecule has 2 unspecified atom stereocenters. The molecule has 1 heterocycles. The molecular formula is C20H24N4O2. The number of pyridine rings is 1. The van der Waals surface area contributed by atoms with Crippen molar-refractivity contribution in [2.45, 2.75) is 31.3 Å². The first kappa shape index (κ1) is 18.1. The zero-order valence-corrected chi connectivity index (χ0v) is 14.6. The van der Waals surface area contributed by atoms with Crippen LogP contribution in [0.2, 0.25) is 0 Å². The van der Waals surface area contributed by atoms with Crippen LogP contribution in [0.1, 0.15) is 28.8 Å². The normalized spacial score (nSPS) is 15.7. The van der Waals surface area contributed by atoms with Gasteiger partial charge in [-0.15, -0.1) is 0 Å². The van der Waals surface area contributed by atoms with Gasteiger partial charge in [0.15, 0.2) is 0 Å². The molecule has 1 aliphatic carbocycles. The van der Waals surface area contributed by atoms with E-state index in [1.54, 1.807) is 18.3 Å². The number of carbonyl (C=O) groups is 2. The number of nitrogens with one attached hydrogen (secondary N) is 2. The predicted octanol–water partition coefficient (Wildman–Crippen LogP) is 1.28. The summed E-state index contributed by atoms with van der Waals surface area (Å²) in [5.41, 5.74) is 7.20. The third kappa shape index (κ3) is 4.89. The first-order chi connectivity index (χ1) is 12.7. The van der Waals surface area contributed by atoms with E-state index in [1.807, 2.05) is 30.3 Å². The molecule has 1 saturated carbocycles. The van der Waals surface area contributed by atoms with E-state index in [0.717, 1.165) is 18.4 Å². The number of rotatable bonds is 8. The van der Waals surface area contributed by atoms with Crippen molar-refractivity contribution in [3.05, 3.63) is 66.0 Å². The monoisotopic (exact) mass is 352 g/mol. The van der Waals surface area contributed by atoms with E-state index < -0.39 is 6.04 Å². The van der Waals surface area contributed by atoms with Crippen LogP contribution in [0.4, 0.5) is 0 Å². The summed E-state index contributed by atoms with van der Waals surface area (Å²) in [5, 5.41) is 5.85. The molecule has 0 saturated heterocycles. The van der Waals surface area contributed by atoms with Gasteiger partial charge in [0.05, 0.1) is 5.56 Å². The Kier molecular flexibility index (Phi) is 5.96. The SMILES string of the molecule is NCC(NC(=O)C(Cc1ccccc1)NC(=O)c1cccnc1)C1CC1. The molecule has 1 aliphatic rings. The zero-order chi connectivity index (χ0) is 18.4. The Bertz CT molecular complexity index is 732. The summed E-state index contributed by atoms with van der Waals surface area (Å²) in [6.07, 6.45) is 5.69. The van der Waals surface area contributed by atoms with Gasteiger partial charge in [0.1, 0.15) is 6.04 Å². The maximum absolute atomic E-state index is 12.8. The van der Waals surface area contributed by atoms with E-state index in [9.17, 15) is 9.59 Å².